The number of H-pyrrole nitrogens is 1. The minimum atomic E-state index is -0.117. The number of thiazole rings is 1. The van der Waals surface area contributed by atoms with Crippen LogP contribution in [-0.4, -0.2) is 46.9 Å². The third kappa shape index (κ3) is 3.72. The van der Waals surface area contributed by atoms with Gasteiger partial charge in [0.25, 0.3) is 5.91 Å². The van der Waals surface area contributed by atoms with Crippen molar-refractivity contribution in [3.8, 4) is 0 Å². The van der Waals surface area contributed by atoms with Gasteiger partial charge in [-0.05, 0) is 12.1 Å². The summed E-state index contributed by atoms with van der Waals surface area (Å²) in [6.45, 7) is 1.50. The molecule has 4 rings (SSSR count). The first-order valence-electron chi connectivity index (χ1n) is 8.78. The van der Waals surface area contributed by atoms with Gasteiger partial charge in [0, 0.05) is 35.9 Å². The first-order chi connectivity index (χ1) is 13.1. The summed E-state index contributed by atoms with van der Waals surface area (Å²) in [5.41, 5.74) is 2.51. The van der Waals surface area contributed by atoms with E-state index in [1.54, 1.807) is 7.11 Å². The lowest BCUT2D eigenvalue weighted by molar-refractivity contribution is -0.117. The van der Waals surface area contributed by atoms with E-state index >= 15 is 0 Å². The average molecular weight is 384 g/mol. The van der Waals surface area contributed by atoms with Gasteiger partial charge >= 0.3 is 0 Å². The number of aromatic amines is 1. The Hall–Kier alpha value is -2.71. The molecular formula is C19H20N4O3S. The van der Waals surface area contributed by atoms with Crippen LogP contribution < -0.4 is 5.32 Å². The van der Waals surface area contributed by atoms with Crippen molar-refractivity contribution in [1.29, 1.82) is 0 Å². The van der Waals surface area contributed by atoms with Crippen LogP contribution in [0, 0.1) is 0 Å². The van der Waals surface area contributed by atoms with Crippen LogP contribution in [0.15, 0.2) is 30.3 Å². The van der Waals surface area contributed by atoms with Gasteiger partial charge in [-0.3, -0.25) is 9.59 Å². The van der Waals surface area contributed by atoms with Crippen LogP contribution in [-0.2, 0) is 22.5 Å². The molecule has 8 heteroatoms. The molecule has 0 bridgehead atoms. The van der Waals surface area contributed by atoms with E-state index in [1.807, 2.05) is 35.2 Å². The van der Waals surface area contributed by atoms with E-state index < -0.39 is 0 Å². The SMILES string of the molecule is COCCC(=O)Nc1nc2c(s1)CN(C(=O)c1cc3ccccc3[nH]1)CC2. The van der Waals surface area contributed by atoms with Crippen LogP contribution in [0.4, 0.5) is 5.13 Å². The molecular weight excluding hydrogens is 364 g/mol. The molecule has 140 valence electrons. The zero-order valence-corrected chi connectivity index (χ0v) is 15.8. The maximum Gasteiger partial charge on any atom is 0.270 e. The molecule has 1 aromatic carbocycles. The molecule has 1 aliphatic heterocycles. The summed E-state index contributed by atoms with van der Waals surface area (Å²) in [4.78, 5) is 35.2. The minimum absolute atomic E-state index is 0.0177. The maximum atomic E-state index is 12.9. The van der Waals surface area contributed by atoms with Gasteiger partial charge in [0.05, 0.1) is 25.3 Å². The highest BCUT2D eigenvalue weighted by Gasteiger charge is 2.26. The normalized spacial score (nSPS) is 13.6. The number of nitrogens with one attached hydrogen (secondary N) is 2. The van der Waals surface area contributed by atoms with Gasteiger partial charge in [-0.1, -0.05) is 29.5 Å². The zero-order chi connectivity index (χ0) is 18.8. The predicted molar refractivity (Wildman–Crippen MR) is 104 cm³/mol. The van der Waals surface area contributed by atoms with Gasteiger partial charge in [0.1, 0.15) is 5.69 Å². The Balaban J connectivity index is 1.46. The number of hydrogen-bond acceptors (Lipinski definition) is 5. The van der Waals surface area contributed by atoms with E-state index in [-0.39, 0.29) is 11.8 Å². The molecule has 2 N–H and O–H groups in total. The number of ether oxygens (including phenoxy) is 1. The van der Waals surface area contributed by atoms with Gasteiger partial charge in [0.15, 0.2) is 5.13 Å². The smallest absolute Gasteiger partial charge is 0.270 e. The summed E-state index contributed by atoms with van der Waals surface area (Å²) in [7, 11) is 1.56. The number of methoxy groups -OCH3 is 1. The summed E-state index contributed by atoms with van der Waals surface area (Å²) in [6.07, 6.45) is 0.984. The fourth-order valence-electron chi connectivity index (χ4n) is 3.16. The molecule has 0 saturated carbocycles. The third-order valence-electron chi connectivity index (χ3n) is 4.56. The van der Waals surface area contributed by atoms with Crippen molar-refractivity contribution in [2.45, 2.75) is 19.4 Å². The van der Waals surface area contributed by atoms with E-state index in [2.05, 4.69) is 15.3 Å². The van der Waals surface area contributed by atoms with Crippen molar-refractivity contribution < 1.29 is 14.3 Å². The van der Waals surface area contributed by atoms with E-state index in [9.17, 15) is 9.59 Å². The second kappa shape index (κ2) is 7.50. The van der Waals surface area contributed by atoms with Crippen molar-refractivity contribution in [1.82, 2.24) is 14.9 Å². The number of rotatable bonds is 5. The highest BCUT2D eigenvalue weighted by molar-refractivity contribution is 7.15. The molecule has 7 nitrogen and oxygen atoms in total. The van der Waals surface area contributed by atoms with Crippen LogP contribution in [0.5, 0.6) is 0 Å². The highest BCUT2D eigenvalue weighted by atomic mass is 32.1. The number of fused-ring (bicyclic) bond motifs is 2. The maximum absolute atomic E-state index is 12.9. The molecule has 0 fully saturated rings. The average Bonchev–Trinajstić information content (AvgIpc) is 3.28. The molecule has 0 radical (unpaired) electrons. The Kier molecular flexibility index (Phi) is 4.91. The van der Waals surface area contributed by atoms with Gasteiger partial charge in [-0.25, -0.2) is 4.98 Å². The van der Waals surface area contributed by atoms with Gasteiger partial charge in [-0.15, -0.1) is 0 Å². The minimum Gasteiger partial charge on any atom is -0.384 e. The molecule has 27 heavy (non-hydrogen) atoms. The van der Waals surface area contributed by atoms with Crippen molar-refractivity contribution in [3.05, 3.63) is 46.6 Å². The molecule has 0 aliphatic carbocycles. The first kappa shape index (κ1) is 17.7. The summed E-state index contributed by atoms with van der Waals surface area (Å²) < 4.78 is 4.91. The number of anilines is 1. The fourth-order valence-corrected chi connectivity index (χ4v) is 4.20. The molecule has 2 amide bonds. The topological polar surface area (TPSA) is 87.3 Å². The van der Waals surface area contributed by atoms with Crippen molar-refractivity contribution in [2.24, 2.45) is 0 Å². The summed E-state index contributed by atoms with van der Waals surface area (Å²) in [6, 6.07) is 9.74. The molecule has 0 saturated heterocycles. The standard InChI is InChI=1S/C19H20N4O3S/c1-26-9-7-17(24)22-19-21-14-6-8-23(11-16(14)27-19)18(25)15-10-12-4-2-3-5-13(12)20-15/h2-5,10,20H,6-9,11H2,1H3,(H,21,22,24). The second-order valence-electron chi connectivity index (χ2n) is 6.43. The quantitative estimate of drug-likeness (QED) is 0.708. The largest absolute Gasteiger partial charge is 0.384 e. The van der Waals surface area contributed by atoms with Crippen molar-refractivity contribution in [3.63, 3.8) is 0 Å². The van der Waals surface area contributed by atoms with E-state index in [0.29, 0.717) is 43.4 Å². The number of benzene rings is 1. The molecule has 0 spiro atoms. The zero-order valence-electron chi connectivity index (χ0n) is 14.9. The fraction of sp³-hybridized carbons (Fsp3) is 0.316. The first-order valence-corrected chi connectivity index (χ1v) is 9.60. The molecule has 0 atom stereocenters. The van der Waals surface area contributed by atoms with E-state index in [4.69, 9.17) is 4.74 Å². The Morgan fingerprint density at radius 3 is 3.04 bits per heavy atom. The summed E-state index contributed by atoms with van der Waals surface area (Å²) >= 11 is 1.43. The Labute approximate surface area is 160 Å². The predicted octanol–water partition coefficient (Wildman–Crippen LogP) is 2.80. The summed E-state index contributed by atoms with van der Waals surface area (Å²) in [5, 5.41) is 4.42. The van der Waals surface area contributed by atoms with Crippen LogP contribution in [0.2, 0.25) is 0 Å². The van der Waals surface area contributed by atoms with Crippen molar-refractivity contribution in [2.75, 3.05) is 25.6 Å². The molecule has 3 heterocycles. The number of para-hydroxylation sites is 1. The van der Waals surface area contributed by atoms with Crippen molar-refractivity contribution >= 4 is 39.2 Å². The molecule has 2 aromatic heterocycles. The summed E-state index contributed by atoms with van der Waals surface area (Å²) in [5.74, 6) is -0.134. The Bertz CT molecular complexity index is 961. The number of amides is 2. The van der Waals surface area contributed by atoms with Crippen LogP contribution in [0.1, 0.15) is 27.5 Å². The van der Waals surface area contributed by atoms with Crippen LogP contribution >= 0.6 is 11.3 Å². The third-order valence-corrected chi connectivity index (χ3v) is 5.56. The van der Waals surface area contributed by atoms with Gasteiger partial charge in [0.2, 0.25) is 5.91 Å². The number of aromatic nitrogens is 2. The lowest BCUT2D eigenvalue weighted by Crippen LogP contribution is -2.35. The molecule has 0 unspecified atom stereocenters. The highest BCUT2D eigenvalue weighted by Crippen LogP contribution is 2.29. The molecule has 3 aromatic rings. The number of nitrogens with zero attached hydrogens (tertiary/aromatic N) is 2. The van der Waals surface area contributed by atoms with Gasteiger partial charge < -0.3 is 19.9 Å². The number of carbonyl (C=O) groups excluding carboxylic acids is 2. The van der Waals surface area contributed by atoms with Crippen LogP contribution in [0.3, 0.4) is 0 Å². The van der Waals surface area contributed by atoms with E-state index in [1.165, 1.54) is 11.3 Å². The van der Waals surface area contributed by atoms with Crippen LogP contribution in [0.25, 0.3) is 10.9 Å². The monoisotopic (exact) mass is 384 g/mol. The lowest BCUT2D eigenvalue weighted by Gasteiger charge is -2.25. The van der Waals surface area contributed by atoms with Gasteiger partial charge in [-0.2, -0.15) is 0 Å². The Morgan fingerprint density at radius 1 is 1.37 bits per heavy atom. The number of hydrogen-bond donors (Lipinski definition) is 2. The lowest BCUT2D eigenvalue weighted by atomic mass is 10.1. The van der Waals surface area contributed by atoms with E-state index in [0.717, 1.165) is 21.5 Å². The Morgan fingerprint density at radius 2 is 2.22 bits per heavy atom. The second-order valence-corrected chi connectivity index (χ2v) is 7.51. The molecule has 1 aliphatic rings. The number of carbonyl (C=O) groups is 2.